The number of unbranched alkanes of at least 4 members (excludes halogenated alkanes) is 3. The summed E-state index contributed by atoms with van der Waals surface area (Å²) in [6.07, 6.45) is 1.55. The van der Waals surface area contributed by atoms with E-state index in [0.717, 1.165) is 12.6 Å². The summed E-state index contributed by atoms with van der Waals surface area (Å²) in [6.45, 7) is -1.08. The van der Waals surface area contributed by atoms with Crippen LogP contribution in [-0.2, 0) is 31.6 Å². The number of aliphatic hydroxyl groups excluding tert-OH is 2. The zero-order valence-electron chi connectivity index (χ0n) is 18.6. The molecule has 1 fully saturated rings. The Morgan fingerprint density at radius 2 is 1.68 bits per heavy atom. The van der Waals surface area contributed by atoms with Gasteiger partial charge < -0.3 is 34.5 Å². The van der Waals surface area contributed by atoms with Crippen LogP contribution >= 0.6 is 23.5 Å². The van der Waals surface area contributed by atoms with Crippen molar-refractivity contribution in [3.05, 3.63) is 32.6 Å². The summed E-state index contributed by atoms with van der Waals surface area (Å²) < 4.78 is 51.4. The smallest absolute Gasteiger partial charge is 0.387 e. The van der Waals surface area contributed by atoms with E-state index < -0.39 is 65.9 Å². The minimum atomic E-state index is -5.77. The van der Waals surface area contributed by atoms with Gasteiger partial charge in [0.1, 0.15) is 23.9 Å². The van der Waals surface area contributed by atoms with Gasteiger partial charge >= 0.3 is 29.2 Å². The van der Waals surface area contributed by atoms with Gasteiger partial charge in [-0.2, -0.15) is 8.62 Å². The predicted molar refractivity (Wildman–Crippen MR) is 121 cm³/mol. The van der Waals surface area contributed by atoms with Crippen molar-refractivity contribution in [1.82, 2.24) is 9.55 Å². The summed E-state index contributed by atoms with van der Waals surface area (Å²) in [6, 6.07) is 0. The van der Waals surface area contributed by atoms with Crippen molar-refractivity contribution in [2.45, 2.75) is 50.2 Å². The van der Waals surface area contributed by atoms with Crippen LogP contribution in [0.25, 0.3) is 0 Å². The lowest BCUT2D eigenvalue weighted by Crippen LogP contribution is -2.38. The summed E-state index contributed by atoms with van der Waals surface area (Å²) in [7, 11) is -16.9. The van der Waals surface area contributed by atoms with E-state index in [2.05, 4.69) is 30.9 Å². The van der Waals surface area contributed by atoms with E-state index in [0.29, 0.717) is 23.8 Å². The molecule has 0 spiro atoms. The van der Waals surface area contributed by atoms with Gasteiger partial charge in [-0.05, 0) is 12.8 Å². The van der Waals surface area contributed by atoms with E-state index in [4.69, 9.17) is 25.8 Å². The fraction of sp³-hybridized carbons (Fsp3) is 0.529. The van der Waals surface area contributed by atoms with Crippen molar-refractivity contribution < 1.29 is 61.4 Å². The number of aliphatic hydroxyl groups is 2. The lowest BCUT2D eigenvalue weighted by atomic mass is 10.1. The Labute approximate surface area is 208 Å². The Morgan fingerprint density at radius 3 is 2.30 bits per heavy atom. The summed E-state index contributed by atoms with van der Waals surface area (Å²) in [5.74, 6) is 7.78. The summed E-state index contributed by atoms with van der Waals surface area (Å²) >= 11 is 0. The molecule has 6 atom stereocenters. The number of ether oxygens (including phenoxy) is 1. The highest BCUT2D eigenvalue weighted by molar-refractivity contribution is 7.66. The Bertz CT molecular complexity index is 1330. The van der Waals surface area contributed by atoms with E-state index in [1.807, 2.05) is 4.98 Å². The highest BCUT2D eigenvalue weighted by Crippen LogP contribution is 2.66. The van der Waals surface area contributed by atoms with Gasteiger partial charge in [-0.15, -0.1) is 12.3 Å². The van der Waals surface area contributed by atoms with Crippen LogP contribution in [0.15, 0.2) is 15.8 Å². The van der Waals surface area contributed by atoms with E-state index in [9.17, 15) is 38.4 Å². The van der Waals surface area contributed by atoms with Crippen LogP contribution in [-0.4, -0.2) is 64.3 Å². The fourth-order valence-corrected chi connectivity index (χ4v) is 5.96. The maximum atomic E-state index is 12.3. The summed E-state index contributed by atoms with van der Waals surface area (Å²) in [4.78, 5) is 62.0. The van der Waals surface area contributed by atoms with Gasteiger partial charge in [0.05, 0.1) is 6.61 Å². The second kappa shape index (κ2) is 12.8. The standard InChI is InChI=1S/C17H23N2O15P3/c1-2-3-4-5-6-7-8-11-9-19(17(23)18-15(11)22)16-14(21)13(20)12(32-16)10-31-36(27,28)34-37(29,30)33-35(24,25)26/h1,9,12-14,16,20-21H,3-6,10H2,(H,27,28)(H,29,30)(H,18,22,23)(H2,24,25,26)/t12-,13?,14+,16-/m1/s1. The van der Waals surface area contributed by atoms with Gasteiger partial charge in [-0.1, -0.05) is 11.8 Å². The number of H-pyrrole nitrogens is 1. The normalized spacial score (nSPS) is 24.9. The van der Waals surface area contributed by atoms with Crippen LogP contribution in [0.5, 0.6) is 0 Å². The Kier molecular flexibility index (Phi) is 10.8. The number of rotatable bonds is 11. The van der Waals surface area contributed by atoms with Crippen molar-refractivity contribution in [3.8, 4) is 24.2 Å². The maximum absolute atomic E-state index is 12.3. The molecule has 2 heterocycles. The molecule has 206 valence electrons. The Morgan fingerprint density at radius 1 is 1.03 bits per heavy atom. The van der Waals surface area contributed by atoms with Gasteiger partial charge in [0, 0.05) is 19.0 Å². The largest absolute Gasteiger partial charge is 0.490 e. The van der Waals surface area contributed by atoms with Crippen molar-refractivity contribution in [2.75, 3.05) is 6.61 Å². The minimum absolute atomic E-state index is 0.168. The molecule has 0 aromatic carbocycles. The number of phosphoric ester groups is 1. The number of phosphoric acid groups is 3. The average molecular weight is 588 g/mol. The predicted octanol–water partition coefficient (Wildman–Crippen LogP) is -0.956. The lowest BCUT2D eigenvalue weighted by Gasteiger charge is -2.19. The number of nitrogens with one attached hydrogen (secondary N) is 1. The highest BCUT2D eigenvalue weighted by atomic mass is 31.3. The maximum Gasteiger partial charge on any atom is 0.490 e. The lowest BCUT2D eigenvalue weighted by molar-refractivity contribution is -0.0542. The number of nitrogens with zero attached hydrogens (tertiary/aromatic N) is 1. The zero-order valence-corrected chi connectivity index (χ0v) is 21.3. The molecular formula is C17H23N2O15P3. The third-order valence-electron chi connectivity index (χ3n) is 4.49. The fourth-order valence-electron chi connectivity index (χ4n) is 2.93. The van der Waals surface area contributed by atoms with Crippen LogP contribution in [0.1, 0.15) is 37.5 Å². The molecule has 0 amide bonds. The van der Waals surface area contributed by atoms with Crippen LogP contribution in [0, 0.1) is 24.2 Å². The molecule has 0 radical (unpaired) electrons. The topological polar surface area (TPSA) is 264 Å². The van der Waals surface area contributed by atoms with Gasteiger partial charge in [0.2, 0.25) is 0 Å². The van der Waals surface area contributed by atoms with Crippen molar-refractivity contribution in [3.63, 3.8) is 0 Å². The number of hydrogen-bond donors (Lipinski definition) is 7. The monoisotopic (exact) mass is 588 g/mol. The average Bonchev–Trinajstić information content (AvgIpc) is 3.02. The molecule has 20 heteroatoms. The van der Waals surface area contributed by atoms with E-state index in [1.165, 1.54) is 0 Å². The van der Waals surface area contributed by atoms with Crippen LogP contribution in [0.2, 0.25) is 0 Å². The van der Waals surface area contributed by atoms with Gasteiger partial charge in [0.15, 0.2) is 6.23 Å². The molecule has 1 aromatic rings. The summed E-state index contributed by atoms with van der Waals surface area (Å²) in [5, 5.41) is 20.5. The first-order valence-electron chi connectivity index (χ1n) is 10.1. The quantitative estimate of drug-likeness (QED) is 0.0933. The Hall–Kier alpha value is -1.91. The molecule has 0 saturated carbocycles. The molecule has 1 aliphatic heterocycles. The first-order valence-corrected chi connectivity index (χ1v) is 14.6. The summed E-state index contributed by atoms with van der Waals surface area (Å²) in [5.41, 5.74) is -2.04. The molecule has 3 unspecified atom stereocenters. The highest BCUT2D eigenvalue weighted by Gasteiger charge is 2.46. The van der Waals surface area contributed by atoms with Crippen molar-refractivity contribution >= 4 is 23.5 Å². The van der Waals surface area contributed by atoms with Crippen molar-refractivity contribution in [2.24, 2.45) is 0 Å². The number of hydrogen-bond acceptors (Lipinski definition) is 11. The van der Waals surface area contributed by atoms with Gasteiger partial charge in [0.25, 0.3) is 5.56 Å². The SMILES string of the molecule is C#CCCCCC#Cc1cn([C@@H]2O[C@H](COP(=O)(O)OP(=O)(O)OP(=O)(O)O)C(O)[C@@H]2O)c(=O)[nH]c1=O. The van der Waals surface area contributed by atoms with Crippen LogP contribution < -0.4 is 11.2 Å². The first kappa shape index (κ1) is 31.3. The minimum Gasteiger partial charge on any atom is -0.387 e. The molecule has 7 N–H and O–H groups in total. The number of aromatic amines is 1. The second-order valence-corrected chi connectivity index (χ2v) is 11.8. The zero-order chi connectivity index (χ0) is 28.0. The molecule has 17 nitrogen and oxygen atoms in total. The van der Waals surface area contributed by atoms with Crippen molar-refractivity contribution in [1.29, 1.82) is 0 Å². The number of aromatic nitrogens is 2. The molecule has 0 bridgehead atoms. The third kappa shape index (κ3) is 9.72. The third-order valence-corrected chi connectivity index (χ3v) is 8.30. The van der Waals surface area contributed by atoms with E-state index in [1.54, 1.807) is 0 Å². The molecule has 2 rings (SSSR count). The van der Waals surface area contributed by atoms with Gasteiger partial charge in [-0.3, -0.25) is 18.9 Å². The van der Waals surface area contributed by atoms with Crippen LogP contribution in [0.3, 0.4) is 0 Å². The molecule has 1 saturated heterocycles. The molecular weight excluding hydrogens is 565 g/mol. The molecule has 37 heavy (non-hydrogen) atoms. The molecule has 0 aliphatic carbocycles. The van der Waals surface area contributed by atoms with Crippen LogP contribution in [0.4, 0.5) is 0 Å². The van der Waals surface area contributed by atoms with Gasteiger partial charge in [-0.25, -0.2) is 18.5 Å². The van der Waals surface area contributed by atoms with E-state index >= 15 is 0 Å². The first-order chi connectivity index (χ1) is 17.1. The van der Waals surface area contributed by atoms with E-state index in [-0.39, 0.29) is 5.56 Å². The Balaban J connectivity index is 2.12. The second-order valence-electron chi connectivity index (χ2n) is 7.36. The molecule has 1 aromatic heterocycles. The number of terminal acetylenes is 1. The molecule has 1 aliphatic rings.